The number of nitrogens with two attached hydrogens (primary N) is 1. The topological polar surface area (TPSA) is 96.6 Å². The van der Waals surface area contributed by atoms with E-state index in [0.29, 0.717) is 29.7 Å². The van der Waals surface area contributed by atoms with Crippen molar-refractivity contribution in [3.63, 3.8) is 0 Å². The van der Waals surface area contributed by atoms with Crippen molar-refractivity contribution in [2.75, 3.05) is 57.5 Å². The lowest BCUT2D eigenvalue weighted by atomic mass is 9.78. The van der Waals surface area contributed by atoms with Gasteiger partial charge in [0.25, 0.3) is 0 Å². The Balaban J connectivity index is 1.27. The lowest BCUT2D eigenvalue weighted by molar-refractivity contribution is -0.139. The number of carbonyl (C=O) groups excluding carboxylic acids is 1. The molecule has 2 heterocycles. The molecule has 2 aromatic carbocycles. The highest BCUT2D eigenvalue weighted by molar-refractivity contribution is 5.90. The van der Waals surface area contributed by atoms with E-state index >= 15 is 0 Å². The van der Waals surface area contributed by atoms with E-state index in [4.69, 9.17) is 10.5 Å². The van der Waals surface area contributed by atoms with E-state index < -0.39 is 17.8 Å². The van der Waals surface area contributed by atoms with Crippen LogP contribution in [0.25, 0.3) is 10.9 Å². The number of amides is 1. The first kappa shape index (κ1) is 31.0. The number of aromatic nitrogens is 2. The molecule has 11 heteroatoms. The number of hydrogen-bond acceptors (Lipinski definition) is 7. The van der Waals surface area contributed by atoms with E-state index in [0.717, 1.165) is 87.0 Å². The number of fused-ring (bicyclic) bond motifs is 1. The van der Waals surface area contributed by atoms with E-state index in [-0.39, 0.29) is 17.5 Å². The molecule has 0 unspecified atom stereocenters. The summed E-state index contributed by atoms with van der Waals surface area (Å²) in [4.78, 5) is 26.9. The molecule has 2 fully saturated rings. The minimum Gasteiger partial charge on any atom is -0.399 e. The number of alkyl halides is 3. The zero-order valence-electron chi connectivity index (χ0n) is 25.1. The molecule has 1 atom stereocenters. The molecule has 3 N–H and O–H groups in total. The van der Waals surface area contributed by atoms with E-state index in [1.165, 1.54) is 0 Å². The van der Waals surface area contributed by atoms with Crippen molar-refractivity contribution in [1.29, 1.82) is 0 Å². The van der Waals surface area contributed by atoms with Gasteiger partial charge in [0, 0.05) is 56.8 Å². The number of ether oxygens (including phenoxy) is 1. The molecular weight excluding hydrogens is 557 g/mol. The number of carbonyl (C=O) groups is 1. The van der Waals surface area contributed by atoms with E-state index in [9.17, 15) is 18.0 Å². The minimum absolute atomic E-state index is 0.0582. The van der Waals surface area contributed by atoms with Crippen LogP contribution >= 0.6 is 0 Å². The summed E-state index contributed by atoms with van der Waals surface area (Å²) in [6.07, 6.45) is -0.931. The molecule has 5 rings (SSSR count). The van der Waals surface area contributed by atoms with Crippen molar-refractivity contribution < 1.29 is 22.7 Å². The summed E-state index contributed by atoms with van der Waals surface area (Å²) in [5.74, 6) is 1.79. The number of aryl methyl sites for hydroxylation is 1. The number of rotatable bonds is 8. The first-order valence-electron chi connectivity index (χ1n) is 15.0. The SMILES string of the molecule is COCCN1CCN(C(=O)[C@H]2CC[C@@H](c3ccc4nc(C)nc(N[C@H](C)c5cc(N)cc(C(F)(F)F)c5)c4c3)CC2)CC1. The van der Waals surface area contributed by atoms with E-state index in [1.807, 2.05) is 11.0 Å². The van der Waals surface area contributed by atoms with Gasteiger partial charge in [-0.15, -0.1) is 0 Å². The zero-order valence-corrected chi connectivity index (χ0v) is 25.1. The molecule has 1 aromatic heterocycles. The molecule has 3 aromatic rings. The maximum Gasteiger partial charge on any atom is 0.416 e. The fourth-order valence-corrected chi connectivity index (χ4v) is 6.35. The third-order valence-electron chi connectivity index (χ3n) is 8.83. The van der Waals surface area contributed by atoms with Crippen LogP contribution in [0.15, 0.2) is 36.4 Å². The number of nitrogens with one attached hydrogen (secondary N) is 1. The number of nitrogen functional groups attached to an aromatic ring is 1. The molecule has 43 heavy (non-hydrogen) atoms. The third kappa shape index (κ3) is 7.38. The van der Waals surface area contributed by atoms with E-state index in [1.54, 1.807) is 27.0 Å². The van der Waals surface area contributed by atoms with Crippen LogP contribution in [0.1, 0.15) is 67.1 Å². The molecule has 1 aliphatic carbocycles. The Bertz CT molecular complexity index is 1430. The molecule has 232 valence electrons. The predicted molar refractivity (Wildman–Crippen MR) is 162 cm³/mol. The van der Waals surface area contributed by atoms with Crippen LogP contribution in [0.5, 0.6) is 0 Å². The minimum atomic E-state index is -4.49. The highest BCUT2D eigenvalue weighted by Crippen LogP contribution is 2.39. The van der Waals surface area contributed by atoms with Gasteiger partial charge in [0.05, 0.1) is 23.7 Å². The van der Waals surface area contributed by atoms with Gasteiger partial charge in [-0.25, -0.2) is 9.97 Å². The van der Waals surface area contributed by atoms with Crippen LogP contribution in [0.3, 0.4) is 0 Å². The van der Waals surface area contributed by atoms with Gasteiger partial charge >= 0.3 is 6.18 Å². The Morgan fingerprint density at radius 3 is 2.47 bits per heavy atom. The van der Waals surface area contributed by atoms with E-state index in [2.05, 4.69) is 32.3 Å². The summed E-state index contributed by atoms with van der Waals surface area (Å²) in [6.45, 7) is 8.51. The van der Waals surface area contributed by atoms with Crippen LogP contribution in [-0.2, 0) is 15.7 Å². The Labute approximate surface area is 250 Å². The van der Waals surface area contributed by atoms with Crippen molar-refractivity contribution >= 4 is 28.3 Å². The molecule has 0 spiro atoms. The van der Waals surface area contributed by atoms with Crippen molar-refractivity contribution in [1.82, 2.24) is 19.8 Å². The highest BCUT2D eigenvalue weighted by Gasteiger charge is 2.33. The van der Waals surface area contributed by atoms with Crippen LogP contribution in [-0.4, -0.2) is 72.1 Å². The van der Waals surface area contributed by atoms with Gasteiger partial charge in [-0.05, 0) is 86.9 Å². The third-order valence-corrected chi connectivity index (χ3v) is 8.83. The summed E-state index contributed by atoms with van der Waals surface area (Å²) in [5, 5.41) is 4.13. The van der Waals surface area contributed by atoms with Crippen molar-refractivity contribution in [3.8, 4) is 0 Å². The first-order valence-corrected chi connectivity index (χ1v) is 15.0. The number of halogens is 3. The Morgan fingerprint density at radius 2 is 1.79 bits per heavy atom. The summed E-state index contributed by atoms with van der Waals surface area (Å²) in [7, 11) is 1.71. The summed E-state index contributed by atoms with van der Waals surface area (Å²) >= 11 is 0. The van der Waals surface area contributed by atoms with Gasteiger partial charge in [-0.2, -0.15) is 13.2 Å². The number of piperazine rings is 1. The molecule has 0 bridgehead atoms. The largest absolute Gasteiger partial charge is 0.416 e. The van der Waals surface area contributed by atoms with Gasteiger partial charge in [-0.1, -0.05) is 6.07 Å². The molecule has 1 aliphatic heterocycles. The maximum atomic E-state index is 13.4. The van der Waals surface area contributed by atoms with Gasteiger partial charge in [0.1, 0.15) is 11.6 Å². The number of benzene rings is 2. The quantitative estimate of drug-likeness (QED) is 0.318. The average molecular weight is 599 g/mol. The highest BCUT2D eigenvalue weighted by atomic mass is 19.4. The molecule has 1 amide bonds. The maximum absolute atomic E-state index is 13.4. The lowest BCUT2D eigenvalue weighted by Gasteiger charge is -2.38. The molecule has 8 nitrogen and oxygen atoms in total. The summed E-state index contributed by atoms with van der Waals surface area (Å²) < 4.78 is 45.4. The summed E-state index contributed by atoms with van der Waals surface area (Å²) in [6, 6.07) is 9.32. The predicted octanol–water partition coefficient (Wildman–Crippen LogP) is 5.78. The number of nitrogens with zero attached hydrogens (tertiary/aromatic N) is 4. The second-order valence-corrected chi connectivity index (χ2v) is 11.9. The Morgan fingerprint density at radius 1 is 1.07 bits per heavy atom. The Hall–Kier alpha value is -3.44. The number of methoxy groups -OCH3 is 1. The summed E-state index contributed by atoms with van der Waals surface area (Å²) in [5.41, 5.74) is 7.45. The second kappa shape index (κ2) is 13.1. The molecule has 1 saturated carbocycles. The molecular formula is C32H41F3N6O2. The van der Waals surface area contributed by atoms with Gasteiger partial charge in [0.15, 0.2) is 0 Å². The fraction of sp³-hybridized carbons (Fsp3) is 0.531. The van der Waals surface area contributed by atoms with Crippen molar-refractivity contribution in [3.05, 3.63) is 58.9 Å². The first-order chi connectivity index (χ1) is 20.5. The normalized spacial score (nSPS) is 20.7. The standard InChI is InChI=1S/C32H41F3N6O2/c1-20(25-16-26(32(33,34)35)19-27(36)17-25)37-30-28-18-24(8-9-29(28)38-21(2)39-30)22-4-6-23(7-5-22)31(42)41-12-10-40(11-13-41)14-15-43-3/h8-9,16-20,22-23H,4-7,10-15,36H2,1-3H3,(H,37,38,39)/t20-,22-,23+/m1/s1. The lowest BCUT2D eigenvalue weighted by Crippen LogP contribution is -2.51. The van der Waals surface area contributed by atoms with Crippen LogP contribution in [0.4, 0.5) is 24.7 Å². The van der Waals surface area contributed by atoms with Crippen LogP contribution in [0.2, 0.25) is 0 Å². The molecule has 2 aliphatic rings. The van der Waals surface area contributed by atoms with Gasteiger partial charge in [-0.3, -0.25) is 9.69 Å². The van der Waals surface area contributed by atoms with Gasteiger partial charge < -0.3 is 20.7 Å². The molecule has 0 radical (unpaired) electrons. The van der Waals surface area contributed by atoms with Gasteiger partial charge in [0.2, 0.25) is 5.91 Å². The number of hydrogen-bond donors (Lipinski definition) is 2. The monoisotopic (exact) mass is 598 g/mol. The second-order valence-electron chi connectivity index (χ2n) is 11.9. The molecule has 1 saturated heterocycles. The average Bonchev–Trinajstić information content (AvgIpc) is 2.99. The van der Waals surface area contributed by atoms with Crippen LogP contribution in [0, 0.1) is 12.8 Å². The fourth-order valence-electron chi connectivity index (χ4n) is 6.35. The zero-order chi connectivity index (χ0) is 30.7. The number of anilines is 2. The van der Waals surface area contributed by atoms with Crippen molar-refractivity contribution in [2.45, 2.75) is 57.7 Å². The van der Waals surface area contributed by atoms with Crippen LogP contribution < -0.4 is 11.1 Å². The van der Waals surface area contributed by atoms with Crippen molar-refractivity contribution in [2.24, 2.45) is 5.92 Å². The Kier molecular flexibility index (Phi) is 9.41. The smallest absolute Gasteiger partial charge is 0.399 e.